The molecule has 2 aromatic carbocycles. The van der Waals surface area contributed by atoms with Crippen LogP contribution in [0.15, 0.2) is 71.9 Å². The lowest BCUT2D eigenvalue weighted by Crippen LogP contribution is -1.92. The number of anilines is 1. The molecular formula is C16H15N3S. The van der Waals surface area contributed by atoms with Crippen LogP contribution in [0.3, 0.4) is 0 Å². The Morgan fingerprint density at radius 1 is 1.00 bits per heavy atom. The monoisotopic (exact) mass is 281 g/mol. The molecule has 0 radical (unpaired) electrons. The summed E-state index contributed by atoms with van der Waals surface area (Å²) in [6, 6.07) is 18.1. The minimum atomic E-state index is 0.797. The Hall–Kier alpha value is -2.20. The van der Waals surface area contributed by atoms with Crippen LogP contribution in [0, 0.1) is 0 Å². The van der Waals surface area contributed by atoms with Crippen molar-refractivity contribution in [2.24, 2.45) is 0 Å². The Morgan fingerprint density at radius 2 is 1.75 bits per heavy atom. The molecule has 0 bridgehead atoms. The standard InChI is InChI=1S/C16H15N3S/c17-14-6-8-16(9-7-14)20-12-13-10-18-19(11-13)15-4-2-1-3-5-15/h1-11H,12,17H2. The van der Waals surface area contributed by atoms with Gasteiger partial charge in [0, 0.05) is 28.1 Å². The number of para-hydroxylation sites is 1. The van der Waals surface area contributed by atoms with Gasteiger partial charge in [0.1, 0.15) is 0 Å². The van der Waals surface area contributed by atoms with Gasteiger partial charge < -0.3 is 5.73 Å². The summed E-state index contributed by atoms with van der Waals surface area (Å²) in [4.78, 5) is 1.21. The van der Waals surface area contributed by atoms with Crippen molar-refractivity contribution in [2.75, 3.05) is 5.73 Å². The molecule has 1 aromatic heterocycles. The van der Waals surface area contributed by atoms with Crippen LogP contribution in [0.25, 0.3) is 5.69 Å². The first kappa shape index (κ1) is 12.8. The zero-order chi connectivity index (χ0) is 13.8. The lowest BCUT2D eigenvalue weighted by Gasteiger charge is -2.01. The summed E-state index contributed by atoms with van der Waals surface area (Å²) in [5.41, 5.74) is 8.76. The van der Waals surface area contributed by atoms with E-state index >= 15 is 0 Å². The van der Waals surface area contributed by atoms with Gasteiger partial charge in [-0.3, -0.25) is 0 Å². The highest BCUT2D eigenvalue weighted by atomic mass is 32.2. The maximum Gasteiger partial charge on any atom is 0.0645 e. The van der Waals surface area contributed by atoms with Gasteiger partial charge in [-0.1, -0.05) is 18.2 Å². The average Bonchev–Trinajstić information content (AvgIpc) is 2.97. The third kappa shape index (κ3) is 3.03. The molecule has 0 saturated carbocycles. The van der Waals surface area contributed by atoms with Crippen molar-refractivity contribution in [2.45, 2.75) is 10.6 Å². The second-order valence-electron chi connectivity index (χ2n) is 4.49. The average molecular weight is 281 g/mol. The molecule has 0 aliphatic heterocycles. The highest BCUT2D eigenvalue weighted by Gasteiger charge is 2.01. The molecule has 0 amide bonds. The van der Waals surface area contributed by atoms with E-state index in [4.69, 9.17) is 5.73 Å². The zero-order valence-corrected chi connectivity index (χ0v) is 11.8. The van der Waals surface area contributed by atoms with Crippen LogP contribution in [0.1, 0.15) is 5.56 Å². The molecule has 0 fully saturated rings. The maximum atomic E-state index is 5.68. The number of thioether (sulfide) groups is 1. The van der Waals surface area contributed by atoms with Gasteiger partial charge in [0.2, 0.25) is 0 Å². The van der Waals surface area contributed by atoms with Crippen molar-refractivity contribution in [1.29, 1.82) is 0 Å². The first-order valence-corrected chi connectivity index (χ1v) is 7.37. The fourth-order valence-electron chi connectivity index (χ4n) is 1.89. The highest BCUT2D eigenvalue weighted by Crippen LogP contribution is 2.23. The Labute approximate surface area is 122 Å². The number of hydrogen-bond acceptors (Lipinski definition) is 3. The van der Waals surface area contributed by atoms with Crippen LogP contribution in [0.5, 0.6) is 0 Å². The van der Waals surface area contributed by atoms with Crippen molar-refractivity contribution >= 4 is 17.4 Å². The molecule has 2 N–H and O–H groups in total. The van der Waals surface area contributed by atoms with Gasteiger partial charge >= 0.3 is 0 Å². The normalized spacial score (nSPS) is 10.6. The summed E-state index contributed by atoms with van der Waals surface area (Å²) in [5, 5.41) is 4.40. The minimum absolute atomic E-state index is 0.797. The molecule has 20 heavy (non-hydrogen) atoms. The number of nitrogen functional groups attached to an aromatic ring is 1. The lowest BCUT2D eigenvalue weighted by molar-refractivity contribution is 0.880. The molecular weight excluding hydrogens is 266 g/mol. The van der Waals surface area contributed by atoms with E-state index in [2.05, 4.69) is 11.3 Å². The van der Waals surface area contributed by atoms with Crippen LogP contribution < -0.4 is 5.73 Å². The molecule has 0 spiro atoms. The van der Waals surface area contributed by atoms with Crippen molar-refractivity contribution in [1.82, 2.24) is 9.78 Å². The van der Waals surface area contributed by atoms with Gasteiger partial charge in [0.15, 0.2) is 0 Å². The van der Waals surface area contributed by atoms with Crippen LogP contribution in [-0.4, -0.2) is 9.78 Å². The Balaban J connectivity index is 1.67. The molecule has 0 saturated heterocycles. The van der Waals surface area contributed by atoms with E-state index < -0.39 is 0 Å². The van der Waals surface area contributed by atoms with Crippen molar-refractivity contribution in [3.05, 3.63) is 72.6 Å². The first-order valence-electron chi connectivity index (χ1n) is 6.38. The van der Waals surface area contributed by atoms with Crippen molar-refractivity contribution in [3.8, 4) is 5.69 Å². The van der Waals surface area contributed by atoms with Crippen LogP contribution in [0.4, 0.5) is 5.69 Å². The van der Waals surface area contributed by atoms with Crippen molar-refractivity contribution in [3.63, 3.8) is 0 Å². The second-order valence-corrected chi connectivity index (χ2v) is 5.54. The van der Waals surface area contributed by atoms with Gasteiger partial charge in [0.05, 0.1) is 11.9 Å². The number of aromatic nitrogens is 2. The second kappa shape index (κ2) is 5.84. The van der Waals surface area contributed by atoms with E-state index in [9.17, 15) is 0 Å². The number of nitrogens with zero attached hydrogens (tertiary/aromatic N) is 2. The predicted octanol–water partition coefficient (Wildman–Crippen LogP) is 3.75. The molecule has 0 aliphatic carbocycles. The van der Waals surface area contributed by atoms with Gasteiger partial charge in [-0.25, -0.2) is 4.68 Å². The largest absolute Gasteiger partial charge is 0.399 e. The molecule has 3 nitrogen and oxygen atoms in total. The lowest BCUT2D eigenvalue weighted by atomic mass is 10.3. The summed E-state index contributed by atoms with van der Waals surface area (Å²) in [6.45, 7) is 0. The highest BCUT2D eigenvalue weighted by molar-refractivity contribution is 7.98. The Kier molecular flexibility index (Phi) is 3.74. The number of rotatable bonds is 4. The van der Waals surface area contributed by atoms with Gasteiger partial charge in [-0.2, -0.15) is 5.10 Å². The molecule has 3 rings (SSSR count). The van der Waals surface area contributed by atoms with Gasteiger partial charge in [0.25, 0.3) is 0 Å². The summed E-state index contributed by atoms with van der Waals surface area (Å²) in [6.07, 6.45) is 3.98. The van der Waals surface area contributed by atoms with E-state index in [-0.39, 0.29) is 0 Å². The first-order chi connectivity index (χ1) is 9.81. The van der Waals surface area contributed by atoms with Crippen molar-refractivity contribution < 1.29 is 0 Å². The molecule has 1 heterocycles. The summed E-state index contributed by atoms with van der Waals surface area (Å²) in [5.74, 6) is 0.900. The topological polar surface area (TPSA) is 43.8 Å². The third-order valence-electron chi connectivity index (χ3n) is 2.94. The van der Waals surface area contributed by atoms with Gasteiger partial charge in [-0.15, -0.1) is 11.8 Å². The van der Waals surface area contributed by atoms with E-state index in [1.807, 2.05) is 65.5 Å². The van der Waals surface area contributed by atoms with Crippen LogP contribution >= 0.6 is 11.8 Å². The molecule has 0 atom stereocenters. The van der Waals surface area contributed by atoms with Crippen LogP contribution in [0.2, 0.25) is 0 Å². The quantitative estimate of drug-likeness (QED) is 0.585. The Morgan fingerprint density at radius 3 is 2.50 bits per heavy atom. The fraction of sp³-hybridized carbons (Fsp3) is 0.0625. The molecule has 0 aliphatic rings. The Bertz CT molecular complexity index is 674. The SMILES string of the molecule is Nc1ccc(SCc2cnn(-c3ccccc3)c2)cc1. The fourth-order valence-corrected chi connectivity index (χ4v) is 2.70. The van der Waals surface area contributed by atoms with E-state index in [0.717, 1.165) is 17.1 Å². The third-order valence-corrected chi connectivity index (χ3v) is 4.03. The maximum absolute atomic E-state index is 5.68. The number of benzene rings is 2. The summed E-state index contributed by atoms with van der Waals surface area (Å²) >= 11 is 1.78. The molecule has 0 unspecified atom stereocenters. The molecule has 3 aromatic rings. The minimum Gasteiger partial charge on any atom is -0.399 e. The summed E-state index contributed by atoms with van der Waals surface area (Å²) < 4.78 is 1.90. The zero-order valence-electron chi connectivity index (χ0n) is 10.9. The van der Waals surface area contributed by atoms with Crippen LogP contribution in [-0.2, 0) is 5.75 Å². The van der Waals surface area contributed by atoms with Gasteiger partial charge in [-0.05, 0) is 36.4 Å². The summed E-state index contributed by atoms with van der Waals surface area (Å²) in [7, 11) is 0. The molecule has 100 valence electrons. The number of nitrogens with two attached hydrogens (primary N) is 1. The predicted molar refractivity (Wildman–Crippen MR) is 84.0 cm³/mol. The van der Waals surface area contributed by atoms with E-state index in [1.165, 1.54) is 10.5 Å². The molecule has 4 heteroatoms. The van der Waals surface area contributed by atoms with E-state index in [1.54, 1.807) is 11.8 Å². The van der Waals surface area contributed by atoms with E-state index in [0.29, 0.717) is 0 Å². The number of hydrogen-bond donors (Lipinski definition) is 1. The smallest absolute Gasteiger partial charge is 0.0645 e.